The van der Waals surface area contributed by atoms with Crippen LogP contribution in [-0.2, 0) is 14.6 Å². The molecule has 1 unspecified atom stereocenters. The number of aliphatic hydroxyl groups is 2. The van der Waals surface area contributed by atoms with Crippen molar-refractivity contribution in [3.63, 3.8) is 0 Å². The summed E-state index contributed by atoms with van der Waals surface area (Å²) in [5.41, 5.74) is -3.72. The van der Waals surface area contributed by atoms with Crippen LogP contribution >= 0.6 is 0 Å². The molecule has 264 valence electrons. The van der Waals surface area contributed by atoms with Gasteiger partial charge in [0.25, 0.3) is 0 Å². The van der Waals surface area contributed by atoms with E-state index in [0.29, 0.717) is 48.3 Å². The molecule has 6 aliphatic rings. The zero-order valence-electron chi connectivity index (χ0n) is 28.4. The summed E-state index contributed by atoms with van der Waals surface area (Å²) in [6, 6.07) is 8.76. The summed E-state index contributed by atoms with van der Waals surface area (Å²) >= 11 is 0. The Morgan fingerprint density at radius 3 is 2.13 bits per heavy atom. The fraction of sp³-hybridized carbons (Fsp3) is 0.842. The molecule has 1 heterocycles. The van der Waals surface area contributed by atoms with Gasteiger partial charge in [-0.05, 0) is 148 Å². The van der Waals surface area contributed by atoms with Crippen molar-refractivity contribution in [2.75, 3.05) is 13.2 Å². The number of benzene rings is 1. The molecule has 1 saturated heterocycles. The highest BCUT2D eigenvalue weighted by Crippen LogP contribution is 2.70. The molecule has 1 aromatic rings. The molecule has 1 aliphatic heterocycles. The molecule has 0 bridgehead atoms. The Labute approximate surface area is 279 Å². The molecule has 10 atom stereocenters. The lowest BCUT2D eigenvalue weighted by Gasteiger charge is -2.62. The number of halogens is 3. The highest BCUT2D eigenvalue weighted by Gasteiger charge is 2.66. The van der Waals surface area contributed by atoms with E-state index in [2.05, 4.69) is 20.8 Å². The van der Waals surface area contributed by atoms with E-state index in [0.717, 1.165) is 58.2 Å². The Hall–Kier alpha value is -1.16. The van der Waals surface area contributed by atoms with Crippen LogP contribution in [0.4, 0.5) is 13.2 Å². The van der Waals surface area contributed by atoms with Crippen molar-refractivity contribution in [2.24, 2.45) is 51.8 Å². The summed E-state index contributed by atoms with van der Waals surface area (Å²) in [7, 11) is -3.73. The first-order chi connectivity index (χ1) is 22.0. The first kappa shape index (κ1) is 34.3. The van der Waals surface area contributed by atoms with Crippen molar-refractivity contribution >= 4 is 9.84 Å². The average molecular weight is 681 g/mol. The van der Waals surface area contributed by atoms with Gasteiger partial charge >= 0.3 is 6.18 Å². The molecule has 5 aliphatic carbocycles. The van der Waals surface area contributed by atoms with Gasteiger partial charge < -0.3 is 14.9 Å². The fourth-order valence-electron chi connectivity index (χ4n) is 12.5. The van der Waals surface area contributed by atoms with Crippen LogP contribution in [0.1, 0.15) is 111 Å². The molecule has 47 heavy (non-hydrogen) atoms. The number of hydrogen-bond donors (Lipinski definition) is 2. The Bertz CT molecular complexity index is 1420. The lowest BCUT2D eigenvalue weighted by molar-refractivity contribution is -0.290. The highest BCUT2D eigenvalue weighted by atomic mass is 32.2. The van der Waals surface area contributed by atoms with Crippen LogP contribution in [0.15, 0.2) is 35.2 Å². The minimum atomic E-state index is -4.60. The third-order valence-electron chi connectivity index (χ3n) is 15.7. The third-order valence-corrected chi connectivity index (χ3v) is 18.0. The van der Waals surface area contributed by atoms with Gasteiger partial charge in [-0.3, -0.25) is 0 Å². The fourth-order valence-corrected chi connectivity index (χ4v) is 14.7. The molecule has 9 heteroatoms. The zero-order chi connectivity index (χ0) is 33.7. The highest BCUT2D eigenvalue weighted by molar-refractivity contribution is 7.92. The van der Waals surface area contributed by atoms with Gasteiger partial charge in [0.2, 0.25) is 0 Å². The molecule has 5 saturated carbocycles. The van der Waals surface area contributed by atoms with Gasteiger partial charge in [-0.15, -0.1) is 0 Å². The number of sulfone groups is 1. The quantitative estimate of drug-likeness (QED) is 0.317. The summed E-state index contributed by atoms with van der Waals surface area (Å²) in [4.78, 5) is 0.325. The molecule has 2 N–H and O–H groups in total. The van der Waals surface area contributed by atoms with E-state index in [1.165, 1.54) is 0 Å². The summed E-state index contributed by atoms with van der Waals surface area (Å²) in [6.07, 6.45) is 4.03. The Balaban J connectivity index is 1.14. The summed E-state index contributed by atoms with van der Waals surface area (Å²) in [5.74, 6) is 1.06. The predicted octanol–water partition coefficient (Wildman–Crippen LogP) is 8.13. The second kappa shape index (κ2) is 11.4. The summed E-state index contributed by atoms with van der Waals surface area (Å²) in [6.45, 7) is 8.17. The molecular weight excluding hydrogens is 625 g/mol. The largest absolute Gasteiger partial charge is 0.417 e. The first-order valence-electron chi connectivity index (χ1n) is 18.3. The van der Waals surface area contributed by atoms with Crippen molar-refractivity contribution in [2.45, 2.75) is 138 Å². The standard InChI is InChI=1S/C38H55F3O5S/c1-25(32(47(44,45)27-7-5-4-6-8-27)22-36(42)18-16-35(17-19-36)23-46-24-35)29-11-12-30-28-10-9-26-21-37(43,38(39,40)41)20-15-33(26,2)31(28)13-14-34(29,30)3/h4-8,25-26,28-32,42-43H,9-24H2,1-3H3/t25-,26-,28-,29+,30-,31-,32?,33-,34+,37-/m0/s1. The van der Waals surface area contributed by atoms with Crippen LogP contribution in [0, 0.1) is 51.8 Å². The molecular formula is C38H55F3O5S. The molecule has 6 fully saturated rings. The van der Waals surface area contributed by atoms with Crippen molar-refractivity contribution < 1.29 is 36.5 Å². The Morgan fingerprint density at radius 1 is 0.851 bits per heavy atom. The zero-order valence-corrected chi connectivity index (χ0v) is 29.2. The van der Waals surface area contributed by atoms with Crippen molar-refractivity contribution in [3.8, 4) is 0 Å². The van der Waals surface area contributed by atoms with Gasteiger partial charge in [-0.2, -0.15) is 13.2 Å². The van der Waals surface area contributed by atoms with E-state index >= 15 is 0 Å². The van der Waals surface area contributed by atoms with E-state index in [9.17, 15) is 31.8 Å². The van der Waals surface area contributed by atoms with E-state index in [1.54, 1.807) is 24.3 Å². The second-order valence-electron chi connectivity index (χ2n) is 17.8. The maximum Gasteiger partial charge on any atom is 0.417 e. The van der Waals surface area contributed by atoms with Gasteiger partial charge in [-0.25, -0.2) is 8.42 Å². The molecule has 7 rings (SSSR count). The van der Waals surface area contributed by atoms with Gasteiger partial charge in [0, 0.05) is 5.41 Å². The van der Waals surface area contributed by atoms with Crippen molar-refractivity contribution in [1.29, 1.82) is 0 Å². The van der Waals surface area contributed by atoms with E-state index < -0.39 is 32.5 Å². The Morgan fingerprint density at radius 2 is 1.51 bits per heavy atom. The topological polar surface area (TPSA) is 83.8 Å². The van der Waals surface area contributed by atoms with Crippen LogP contribution in [0.5, 0.6) is 0 Å². The van der Waals surface area contributed by atoms with E-state index in [-0.39, 0.29) is 53.3 Å². The molecule has 0 radical (unpaired) electrons. The number of fused-ring (bicyclic) bond motifs is 5. The van der Waals surface area contributed by atoms with Crippen LogP contribution in [0.2, 0.25) is 0 Å². The van der Waals surface area contributed by atoms with Gasteiger partial charge in [-0.1, -0.05) is 39.0 Å². The maximum atomic E-state index is 14.5. The number of alkyl halides is 3. The lowest BCUT2D eigenvalue weighted by atomic mass is 9.43. The van der Waals surface area contributed by atoms with Crippen LogP contribution < -0.4 is 0 Å². The molecule has 5 nitrogen and oxygen atoms in total. The molecule has 1 aromatic carbocycles. The monoisotopic (exact) mass is 680 g/mol. The number of hydrogen-bond acceptors (Lipinski definition) is 5. The maximum absolute atomic E-state index is 14.5. The SMILES string of the molecule is C[C@H](C(CC1(O)CCC2(CC1)COC2)S(=O)(=O)c1ccccc1)[C@H]1CC[C@H]2[C@@H]3CC[C@H]4C[C@](O)(C(F)(F)F)CC[C@]4(C)[C@H]3CC[C@]12C. The smallest absolute Gasteiger partial charge is 0.390 e. The average Bonchev–Trinajstić information content (AvgIpc) is 3.37. The minimum absolute atomic E-state index is 0.0574. The minimum Gasteiger partial charge on any atom is -0.390 e. The first-order valence-corrected chi connectivity index (χ1v) is 19.9. The van der Waals surface area contributed by atoms with Crippen LogP contribution in [-0.4, -0.2) is 54.5 Å². The van der Waals surface area contributed by atoms with Crippen LogP contribution in [0.25, 0.3) is 0 Å². The summed E-state index contributed by atoms with van der Waals surface area (Å²) in [5, 5.41) is 21.9. The normalized spacial score (nSPS) is 42.4. The summed E-state index contributed by atoms with van der Waals surface area (Å²) < 4.78 is 76.1. The van der Waals surface area contributed by atoms with E-state index in [4.69, 9.17) is 4.74 Å². The van der Waals surface area contributed by atoms with Gasteiger partial charge in [0.15, 0.2) is 15.4 Å². The molecule has 0 aromatic heterocycles. The molecule has 0 amide bonds. The van der Waals surface area contributed by atoms with Gasteiger partial charge in [0.1, 0.15) is 0 Å². The number of rotatable bonds is 6. The third kappa shape index (κ3) is 5.45. The molecule has 1 spiro atoms. The second-order valence-corrected chi connectivity index (χ2v) is 20.0. The number of ether oxygens (including phenoxy) is 1. The van der Waals surface area contributed by atoms with Crippen molar-refractivity contribution in [1.82, 2.24) is 0 Å². The van der Waals surface area contributed by atoms with Crippen molar-refractivity contribution in [3.05, 3.63) is 30.3 Å². The van der Waals surface area contributed by atoms with E-state index in [1.807, 2.05) is 6.07 Å². The lowest BCUT2D eigenvalue weighted by Crippen LogP contribution is -2.59. The Kier molecular flexibility index (Phi) is 8.34. The van der Waals surface area contributed by atoms with Crippen LogP contribution in [0.3, 0.4) is 0 Å². The van der Waals surface area contributed by atoms with Gasteiger partial charge in [0.05, 0.1) is 29.0 Å². The predicted molar refractivity (Wildman–Crippen MR) is 174 cm³/mol.